The Kier molecular flexibility index (Phi) is 9.24. The number of fused-ring (bicyclic) bond motifs is 1. The Morgan fingerprint density at radius 2 is 1.50 bits per heavy atom. The molecule has 0 spiro atoms. The molecule has 0 fully saturated rings. The quantitative estimate of drug-likeness (QED) is 0.647. The molecule has 5 nitrogen and oxygen atoms in total. The highest BCUT2D eigenvalue weighted by Crippen LogP contribution is 2.21. The van der Waals surface area contributed by atoms with Crippen molar-refractivity contribution in [2.45, 2.75) is 20.8 Å². The zero-order valence-electron chi connectivity index (χ0n) is 12.8. The molecule has 112 valence electrons. The van der Waals surface area contributed by atoms with E-state index in [1.54, 1.807) is 24.3 Å². The van der Waals surface area contributed by atoms with Crippen LogP contribution in [0.25, 0.3) is 0 Å². The maximum absolute atomic E-state index is 11.9. The van der Waals surface area contributed by atoms with E-state index in [0.29, 0.717) is 24.2 Å². The number of carbonyl (C=O) groups is 2. The van der Waals surface area contributed by atoms with Gasteiger partial charge in [-0.25, -0.2) is 0 Å². The van der Waals surface area contributed by atoms with Gasteiger partial charge >= 0.3 is 0 Å². The third-order valence-corrected chi connectivity index (χ3v) is 2.64. The number of amides is 2. The van der Waals surface area contributed by atoms with E-state index < -0.39 is 0 Å². The molecular weight excluding hydrogens is 254 g/mol. The molecule has 5 heteroatoms. The van der Waals surface area contributed by atoms with Crippen LogP contribution < -0.4 is 11.1 Å². The lowest BCUT2D eigenvalue weighted by atomic mass is 10.1. The molecule has 1 heterocycles. The standard InChI is InChI=1S/C12H14N2O2.C2H6.CH5N/c1-2-13-7-8-14-11(15)9-5-3-4-6-10(9)12(14)16;2*1-2/h3-6,13H,2,7-8H2,1H3;1-2H3;2H2,1H3. The predicted octanol–water partition coefficient (Wildman–Crippen LogP) is 1.49. The first-order valence-corrected chi connectivity index (χ1v) is 6.99. The Morgan fingerprint density at radius 3 is 1.90 bits per heavy atom. The zero-order chi connectivity index (χ0) is 15.5. The molecule has 0 aliphatic carbocycles. The van der Waals surface area contributed by atoms with Crippen LogP contribution in [0.15, 0.2) is 24.3 Å². The smallest absolute Gasteiger partial charge is 0.261 e. The minimum Gasteiger partial charge on any atom is -0.333 e. The topological polar surface area (TPSA) is 75.4 Å². The zero-order valence-corrected chi connectivity index (χ0v) is 12.8. The lowest BCUT2D eigenvalue weighted by molar-refractivity contribution is 0.0656. The van der Waals surface area contributed by atoms with Gasteiger partial charge in [-0.05, 0) is 25.7 Å². The van der Waals surface area contributed by atoms with Gasteiger partial charge in [-0.15, -0.1) is 0 Å². The largest absolute Gasteiger partial charge is 0.333 e. The first-order chi connectivity index (χ1) is 9.75. The second-order valence-electron chi connectivity index (χ2n) is 3.66. The van der Waals surface area contributed by atoms with Crippen LogP contribution in [-0.2, 0) is 0 Å². The Bertz CT molecular complexity index is 398. The van der Waals surface area contributed by atoms with Gasteiger partial charge in [0.15, 0.2) is 0 Å². The normalized spacial score (nSPS) is 12.2. The van der Waals surface area contributed by atoms with Gasteiger partial charge < -0.3 is 11.1 Å². The van der Waals surface area contributed by atoms with Crippen LogP contribution in [0.2, 0.25) is 0 Å². The summed E-state index contributed by atoms with van der Waals surface area (Å²) >= 11 is 0. The number of nitrogens with two attached hydrogens (primary N) is 1. The van der Waals surface area contributed by atoms with E-state index in [4.69, 9.17) is 0 Å². The van der Waals surface area contributed by atoms with Crippen molar-refractivity contribution in [1.29, 1.82) is 0 Å². The number of benzene rings is 1. The number of hydrogen-bond acceptors (Lipinski definition) is 4. The summed E-state index contributed by atoms with van der Waals surface area (Å²) in [5.41, 5.74) is 5.54. The molecule has 0 saturated heterocycles. The number of rotatable bonds is 4. The van der Waals surface area contributed by atoms with E-state index in [2.05, 4.69) is 11.1 Å². The van der Waals surface area contributed by atoms with Crippen molar-refractivity contribution in [3.63, 3.8) is 0 Å². The molecule has 1 aliphatic heterocycles. The van der Waals surface area contributed by atoms with Crippen molar-refractivity contribution in [2.24, 2.45) is 5.73 Å². The molecule has 2 amide bonds. The highest BCUT2D eigenvalue weighted by atomic mass is 16.2. The summed E-state index contributed by atoms with van der Waals surface area (Å²) in [5.74, 6) is -0.364. The van der Waals surface area contributed by atoms with Gasteiger partial charge in [0.1, 0.15) is 0 Å². The second-order valence-corrected chi connectivity index (χ2v) is 3.66. The lowest BCUT2D eigenvalue weighted by Gasteiger charge is -2.13. The van der Waals surface area contributed by atoms with Crippen LogP contribution in [0.3, 0.4) is 0 Å². The summed E-state index contributed by atoms with van der Waals surface area (Å²) in [4.78, 5) is 25.1. The number of nitrogens with zero attached hydrogens (tertiary/aromatic N) is 1. The van der Waals surface area contributed by atoms with Crippen LogP contribution >= 0.6 is 0 Å². The van der Waals surface area contributed by atoms with Gasteiger partial charge in [-0.1, -0.05) is 32.9 Å². The number of likely N-dealkylation sites (N-methyl/N-ethyl adjacent to an activating group) is 1. The number of hydrogen-bond donors (Lipinski definition) is 2. The van der Waals surface area contributed by atoms with Crippen LogP contribution in [0.4, 0.5) is 0 Å². The van der Waals surface area contributed by atoms with Gasteiger partial charge in [0, 0.05) is 13.1 Å². The first kappa shape index (κ1) is 18.3. The van der Waals surface area contributed by atoms with E-state index in [-0.39, 0.29) is 11.8 Å². The molecule has 3 N–H and O–H groups in total. The average molecular weight is 279 g/mol. The summed E-state index contributed by atoms with van der Waals surface area (Å²) in [6.45, 7) is 7.90. The van der Waals surface area contributed by atoms with Crippen molar-refractivity contribution in [3.05, 3.63) is 35.4 Å². The first-order valence-electron chi connectivity index (χ1n) is 6.99. The molecule has 0 radical (unpaired) electrons. The molecule has 0 unspecified atom stereocenters. The van der Waals surface area contributed by atoms with Gasteiger partial charge in [0.05, 0.1) is 11.1 Å². The second kappa shape index (κ2) is 10.1. The third kappa shape index (κ3) is 4.15. The Hall–Kier alpha value is -1.72. The summed E-state index contributed by atoms with van der Waals surface area (Å²) in [6.07, 6.45) is 0. The van der Waals surface area contributed by atoms with E-state index in [9.17, 15) is 9.59 Å². The molecule has 0 bridgehead atoms. The Labute approximate surface area is 121 Å². The van der Waals surface area contributed by atoms with Crippen molar-refractivity contribution in [1.82, 2.24) is 10.2 Å². The highest BCUT2D eigenvalue weighted by Gasteiger charge is 2.34. The average Bonchev–Trinajstić information content (AvgIpc) is 2.77. The minimum absolute atomic E-state index is 0.182. The van der Waals surface area contributed by atoms with E-state index in [1.807, 2.05) is 20.8 Å². The SMILES string of the molecule is CC.CCNCCN1C(=O)c2ccccc2C1=O.CN. The van der Waals surface area contributed by atoms with Crippen molar-refractivity contribution < 1.29 is 9.59 Å². The van der Waals surface area contributed by atoms with Gasteiger partial charge in [0.2, 0.25) is 0 Å². The van der Waals surface area contributed by atoms with Gasteiger partial charge in [0.25, 0.3) is 11.8 Å². The fraction of sp³-hybridized carbons (Fsp3) is 0.467. The summed E-state index contributed by atoms with van der Waals surface area (Å²) in [7, 11) is 1.50. The van der Waals surface area contributed by atoms with Crippen molar-refractivity contribution in [2.75, 3.05) is 26.7 Å². The number of nitrogens with one attached hydrogen (secondary N) is 1. The minimum atomic E-state index is -0.182. The van der Waals surface area contributed by atoms with E-state index >= 15 is 0 Å². The van der Waals surface area contributed by atoms with Crippen LogP contribution in [0.5, 0.6) is 0 Å². The van der Waals surface area contributed by atoms with Crippen LogP contribution in [0.1, 0.15) is 41.5 Å². The van der Waals surface area contributed by atoms with Crippen molar-refractivity contribution in [3.8, 4) is 0 Å². The molecular formula is C15H25N3O2. The number of imide groups is 1. The predicted molar refractivity (Wildman–Crippen MR) is 81.8 cm³/mol. The molecule has 0 aromatic heterocycles. The van der Waals surface area contributed by atoms with Crippen LogP contribution in [0, 0.1) is 0 Å². The number of carbonyl (C=O) groups excluding carboxylic acids is 2. The maximum Gasteiger partial charge on any atom is 0.261 e. The molecule has 0 saturated carbocycles. The third-order valence-electron chi connectivity index (χ3n) is 2.64. The van der Waals surface area contributed by atoms with Crippen molar-refractivity contribution >= 4 is 11.8 Å². The summed E-state index contributed by atoms with van der Waals surface area (Å²) in [5, 5.41) is 3.10. The van der Waals surface area contributed by atoms with Gasteiger partial charge in [-0.3, -0.25) is 14.5 Å². The summed E-state index contributed by atoms with van der Waals surface area (Å²) in [6, 6.07) is 6.95. The molecule has 1 aliphatic rings. The monoisotopic (exact) mass is 279 g/mol. The van der Waals surface area contributed by atoms with E-state index in [1.165, 1.54) is 11.9 Å². The molecule has 0 atom stereocenters. The molecule has 1 aromatic carbocycles. The lowest BCUT2D eigenvalue weighted by Crippen LogP contribution is -2.36. The molecule has 2 rings (SSSR count). The Morgan fingerprint density at radius 1 is 1.05 bits per heavy atom. The van der Waals surface area contributed by atoms with Crippen LogP contribution in [-0.4, -0.2) is 43.4 Å². The Balaban J connectivity index is 0.000000829. The molecule has 20 heavy (non-hydrogen) atoms. The fourth-order valence-corrected chi connectivity index (χ4v) is 1.81. The fourth-order valence-electron chi connectivity index (χ4n) is 1.81. The molecule has 1 aromatic rings. The van der Waals surface area contributed by atoms with Gasteiger partial charge in [-0.2, -0.15) is 0 Å². The summed E-state index contributed by atoms with van der Waals surface area (Å²) < 4.78 is 0. The highest BCUT2D eigenvalue weighted by molar-refractivity contribution is 6.21. The maximum atomic E-state index is 11.9. The van der Waals surface area contributed by atoms with E-state index in [0.717, 1.165) is 6.54 Å².